The third-order valence-electron chi connectivity index (χ3n) is 1.29. The van der Waals surface area contributed by atoms with Gasteiger partial charge in [-0.3, -0.25) is 0 Å². The van der Waals surface area contributed by atoms with Gasteiger partial charge in [0.05, 0.1) is 0 Å². The maximum Gasteiger partial charge on any atom is 0.0345 e. The van der Waals surface area contributed by atoms with E-state index in [2.05, 4.69) is 0 Å². The number of nitrogens with two attached hydrogens (primary N) is 2. The molecule has 0 amide bonds. The lowest BCUT2D eigenvalue weighted by molar-refractivity contribution is 1.47. The van der Waals surface area contributed by atoms with Crippen molar-refractivity contribution < 1.29 is 0 Å². The van der Waals surface area contributed by atoms with Gasteiger partial charge in [-0.1, -0.05) is 0 Å². The van der Waals surface area contributed by atoms with Crippen molar-refractivity contribution in [1.82, 2.24) is 0 Å². The Hall–Kier alpha value is -0.310. The monoisotopic (exact) mass is 230 g/mol. The molecule has 72 valence electrons. The maximum atomic E-state index is 5.53. The van der Waals surface area contributed by atoms with E-state index in [1.54, 1.807) is 6.07 Å². The summed E-state index contributed by atoms with van der Waals surface area (Å²) in [5.41, 5.74) is 13.6. The smallest absolute Gasteiger partial charge is 0.0345 e. The highest BCUT2D eigenvalue weighted by Gasteiger charge is 1.90. The van der Waals surface area contributed by atoms with Crippen molar-refractivity contribution >= 4 is 48.6 Å². The minimum absolute atomic E-state index is 0. The first-order valence-corrected chi connectivity index (χ1v) is 2.82. The molecule has 1 rings (SSSR count). The number of nitrogen functional groups attached to an aromatic ring is 2. The highest BCUT2D eigenvalue weighted by atomic mass is 35.5. The molecule has 0 radical (unpaired) electrons. The van der Waals surface area contributed by atoms with E-state index in [4.69, 9.17) is 11.5 Å². The van der Waals surface area contributed by atoms with E-state index in [9.17, 15) is 0 Å². The summed E-state index contributed by atoms with van der Waals surface area (Å²) in [7, 11) is 0. The van der Waals surface area contributed by atoms with E-state index in [-0.39, 0.29) is 37.2 Å². The first-order valence-electron chi connectivity index (χ1n) is 2.82. The van der Waals surface area contributed by atoms with Crippen LogP contribution >= 0.6 is 37.2 Å². The second kappa shape index (κ2) is 7.35. The van der Waals surface area contributed by atoms with E-state index in [0.717, 1.165) is 16.9 Å². The zero-order valence-electron chi connectivity index (χ0n) is 6.61. The van der Waals surface area contributed by atoms with Crippen molar-refractivity contribution in [3.05, 3.63) is 23.8 Å². The number of anilines is 2. The minimum Gasteiger partial charge on any atom is -0.399 e. The van der Waals surface area contributed by atoms with E-state index < -0.39 is 0 Å². The van der Waals surface area contributed by atoms with Crippen molar-refractivity contribution in [3.8, 4) is 0 Å². The summed E-state index contributed by atoms with van der Waals surface area (Å²) in [4.78, 5) is 0. The summed E-state index contributed by atoms with van der Waals surface area (Å²) >= 11 is 0. The van der Waals surface area contributed by atoms with Gasteiger partial charge in [0.2, 0.25) is 0 Å². The Kier molecular flexibility index (Phi) is 10.8. The fourth-order valence-corrected chi connectivity index (χ4v) is 0.699. The normalized spacial score (nSPS) is 7.08. The molecule has 0 spiro atoms. The van der Waals surface area contributed by atoms with Crippen LogP contribution in [-0.4, -0.2) is 0 Å². The Balaban J connectivity index is -0.000000270. The number of hydrogen-bond acceptors (Lipinski definition) is 2. The number of hydrogen-bond donors (Lipinski definition) is 2. The minimum atomic E-state index is 0. The lowest BCUT2D eigenvalue weighted by atomic mass is 10.2. The quantitative estimate of drug-likeness (QED) is 0.674. The first kappa shape index (κ1) is 17.7. The Morgan fingerprint density at radius 1 is 1.00 bits per heavy atom. The lowest BCUT2D eigenvalue weighted by Crippen LogP contribution is -1.91. The molecular formula is C7H13Cl3N2. The molecule has 12 heavy (non-hydrogen) atoms. The summed E-state index contributed by atoms with van der Waals surface area (Å²) in [6.45, 7) is 1.94. The molecule has 5 heteroatoms. The SMILES string of the molecule is Cc1cc(N)ccc1N.Cl.Cl.Cl. The van der Waals surface area contributed by atoms with E-state index in [1.807, 2.05) is 19.1 Å². The average molecular weight is 232 g/mol. The molecule has 2 nitrogen and oxygen atoms in total. The molecule has 4 N–H and O–H groups in total. The predicted molar refractivity (Wildman–Crippen MR) is 61.7 cm³/mol. The fourth-order valence-electron chi connectivity index (χ4n) is 0.699. The third-order valence-corrected chi connectivity index (χ3v) is 1.29. The van der Waals surface area contributed by atoms with Crippen LogP contribution in [-0.2, 0) is 0 Å². The van der Waals surface area contributed by atoms with Crippen molar-refractivity contribution in [2.24, 2.45) is 0 Å². The number of rotatable bonds is 0. The Bertz CT molecular complexity index is 228. The van der Waals surface area contributed by atoms with Gasteiger partial charge in [0, 0.05) is 11.4 Å². The average Bonchev–Trinajstić information content (AvgIpc) is 1.80. The largest absolute Gasteiger partial charge is 0.399 e. The standard InChI is InChI=1S/C7H10N2.3ClH/c1-5-4-6(8)2-3-7(5)9;;;/h2-4H,8-9H2,1H3;3*1H. The van der Waals surface area contributed by atoms with Gasteiger partial charge < -0.3 is 11.5 Å². The van der Waals surface area contributed by atoms with Crippen LogP contribution in [0.3, 0.4) is 0 Å². The van der Waals surface area contributed by atoms with Crippen molar-refractivity contribution in [3.63, 3.8) is 0 Å². The summed E-state index contributed by atoms with van der Waals surface area (Å²) in [5.74, 6) is 0. The highest BCUT2D eigenvalue weighted by Crippen LogP contribution is 2.12. The molecule has 0 bridgehead atoms. The predicted octanol–water partition coefficient (Wildman–Crippen LogP) is 2.42. The molecule has 0 atom stereocenters. The second-order valence-corrected chi connectivity index (χ2v) is 2.12. The highest BCUT2D eigenvalue weighted by molar-refractivity contribution is 5.86. The van der Waals surface area contributed by atoms with Crippen LogP contribution in [0.25, 0.3) is 0 Å². The Labute approximate surface area is 90.9 Å². The lowest BCUT2D eigenvalue weighted by Gasteiger charge is -1.98. The van der Waals surface area contributed by atoms with Gasteiger partial charge >= 0.3 is 0 Å². The molecule has 0 aliphatic heterocycles. The maximum absolute atomic E-state index is 5.53. The van der Waals surface area contributed by atoms with Crippen molar-refractivity contribution in [2.75, 3.05) is 11.5 Å². The molecule has 0 saturated carbocycles. The van der Waals surface area contributed by atoms with E-state index in [1.165, 1.54) is 0 Å². The van der Waals surface area contributed by atoms with Gasteiger partial charge in [-0.05, 0) is 30.7 Å². The van der Waals surface area contributed by atoms with Crippen LogP contribution in [0.4, 0.5) is 11.4 Å². The molecule has 0 fully saturated rings. The van der Waals surface area contributed by atoms with Gasteiger partial charge in [-0.15, -0.1) is 37.2 Å². The third kappa shape index (κ3) is 4.54. The molecule has 0 saturated heterocycles. The zero-order valence-corrected chi connectivity index (χ0v) is 9.06. The summed E-state index contributed by atoms with van der Waals surface area (Å²) in [5, 5.41) is 0. The number of benzene rings is 1. The molecule has 0 unspecified atom stereocenters. The Morgan fingerprint density at radius 2 is 1.50 bits per heavy atom. The van der Waals surface area contributed by atoms with E-state index >= 15 is 0 Å². The van der Waals surface area contributed by atoms with Gasteiger partial charge in [0.25, 0.3) is 0 Å². The first-order chi connectivity index (χ1) is 4.20. The molecular weight excluding hydrogens is 218 g/mol. The number of halogens is 3. The molecule has 1 aromatic rings. The molecule has 0 aliphatic rings. The van der Waals surface area contributed by atoms with E-state index in [0.29, 0.717) is 0 Å². The number of aryl methyl sites for hydroxylation is 1. The Morgan fingerprint density at radius 3 is 1.83 bits per heavy atom. The fraction of sp³-hybridized carbons (Fsp3) is 0.143. The van der Waals surface area contributed by atoms with Gasteiger partial charge in [0.1, 0.15) is 0 Å². The summed E-state index contributed by atoms with van der Waals surface area (Å²) in [6.07, 6.45) is 0. The van der Waals surface area contributed by atoms with Gasteiger partial charge in [-0.25, -0.2) is 0 Å². The van der Waals surface area contributed by atoms with Crippen LogP contribution in [0, 0.1) is 6.92 Å². The van der Waals surface area contributed by atoms with Crippen LogP contribution in [0.1, 0.15) is 5.56 Å². The van der Waals surface area contributed by atoms with Crippen LogP contribution in [0.2, 0.25) is 0 Å². The molecule has 1 aromatic carbocycles. The van der Waals surface area contributed by atoms with Gasteiger partial charge in [-0.2, -0.15) is 0 Å². The zero-order chi connectivity index (χ0) is 6.85. The van der Waals surface area contributed by atoms with Gasteiger partial charge in [0.15, 0.2) is 0 Å². The second-order valence-electron chi connectivity index (χ2n) is 2.12. The van der Waals surface area contributed by atoms with Crippen LogP contribution < -0.4 is 11.5 Å². The molecule has 0 heterocycles. The molecule has 0 aliphatic carbocycles. The van der Waals surface area contributed by atoms with Crippen LogP contribution in [0.15, 0.2) is 18.2 Å². The summed E-state index contributed by atoms with van der Waals surface area (Å²) < 4.78 is 0. The van der Waals surface area contributed by atoms with Crippen molar-refractivity contribution in [1.29, 1.82) is 0 Å². The van der Waals surface area contributed by atoms with Crippen molar-refractivity contribution in [2.45, 2.75) is 6.92 Å². The summed E-state index contributed by atoms with van der Waals surface area (Å²) in [6, 6.07) is 5.46. The van der Waals surface area contributed by atoms with Crippen LogP contribution in [0.5, 0.6) is 0 Å². The topological polar surface area (TPSA) is 52.0 Å². The molecule has 0 aromatic heterocycles.